The highest BCUT2D eigenvalue weighted by molar-refractivity contribution is 7.01. The summed E-state index contributed by atoms with van der Waals surface area (Å²) in [7, 11) is 0. The van der Waals surface area contributed by atoms with Crippen LogP contribution in [0.5, 0.6) is 0 Å². The Morgan fingerprint density at radius 2 is 1.11 bits per heavy atom. The fourth-order valence-corrected chi connectivity index (χ4v) is 8.50. The molecule has 204 valence electrons. The molecule has 0 bridgehead atoms. The lowest BCUT2D eigenvalue weighted by atomic mass is 9.37. The van der Waals surface area contributed by atoms with Crippen molar-refractivity contribution in [2.45, 2.75) is 13.8 Å². The van der Waals surface area contributed by atoms with Crippen molar-refractivity contribution in [1.82, 2.24) is 0 Å². The molecule has 2 aliphatic rings. The number of anilines is 3. The standard InChI is InChI=1S/C42H28BN/c1-25-9-7-10-26(2)39(25)30-23-28-18-17-27-20-22-36(33-21-19-29(24-30)40(28)41(27)33)44-37-15-6-5-14-35(37)43-34-13-4-3-11-31(34)32-12-8-16-38(44)42(32)43/h3-24H,1-2H3. The third-order valence-corrected chi connectivity index (χ3v) is 10.3. The van der Waals surface area contributed by atoms with Crippen molar-refractivity contribution in [2.75, 3.05) is 4.90 Å². The molecule has 0 radical (unpaired) electrons. The van der Waals surface area contributed by atoms with Gasteiger partial charge in [0.2, 0.25) is 6.71 Å². The van der Waals surface area contributed by atoms with Crippen LogP contribution >= 0.6 is 0 Å². The van der Waals surface area contributed by atoms with Crippen molar-refractivity contribution < 1.29 is 0 Å². The van der Waals surface area contributed by atoms with Gasteiger partial charge in [-0.3, -0.25) is 0 Å². The van der Waals surface area contributed by atoms with E-state index in [-0.39, 0.29) is 6.71 Å². The van der Waals surface area contributed by atoms with E-state index in [1.807, 2.05) is 0 Å². The highest BCUT2D eigenvalue weighted by Gasteiger charge is 2.42. The lowest BCUT2D eigenvalue weighted by Crippen LogP contribution is -2.54. The molecule has 0 atom stereocenters. The third-order valence-electron chi connectivity index (χ3n) is 10.3. The second-order valence-corrected chi connectivity index (χ2v) is 12.6. The van der Waals surface area contributed by atoms with Gasteiger partial charge >= 0.3 is 0 Å². The first kappa shape index (κ1) is 24.1. The van der Waals surface area contributed by atoms with Crippen LogP contribution in [0.15, 0.2) is 133 Å². The predicted octanol–water partition coefficient (Wildman–Crippen LogP) is 9.15. The summed E-state index contributed by atoms with van der Waals surface area (Å²) in [5.41, 5.74) is 16.0. The van der Waals surface area contributed by atoms with Gasteiger partial charge in [0.05, 0.1) is 5.69 Å². The van der Waals surface area contributed by atoms with Gasteiger partial charge in [0.25, 0.3) is 0 Å². The Balaban J connectivity index is 1.25. The van der Waals surface area contributed by atoms with Crippen molar-refractivity contribution in [1.29, 1.82) is 0 Å². The second-order valence-electron chi connectivity index (χ2n) is 12.6. The molecule has 1 nitrogen and oxygen atoms in total. The number of hydrogen-bond donors (Lipinski definition) is 0. The van der Waals surface area contributed by atoms with Gasteiger partial charge in [0, 0.05) is 16.8 Å². The number of rotatable bonds is 2. The van der Waals surface area contributed by atoms with Crippen LogP contribution in [0, 0.1) is 13.8 Å². The summed E-state index contributed by atoms with van der Waals surface area (Å²) < 4.78 is 0. The molecule has 8 aromatic carbocycles. The minimum Gasteiger partial charge on any atom is -0.311 e. The quantitative estimate of drug-likeness (QED) is 0.151. The van der Waals surface area contributed by atoms with Crippen molar-refractivity contribution in [3.8, 4) is 22.3 Å². The molecular formula is C42H28BN. The zero-order valence-electron chi connectivity index (χ0n) is 24.7. The largest absolute Gasteiger partial charge is 0.311 e. The van der Waals surface area contributed by atoms with E-state index in [4.69, 9.17) is 0 Å². The van der Waals surface area contributed by atoms with Crippen LogP contribution in [0.25, 0.3) is 54.6 Å². The highest BCUT2D eigenvalue weighted by Crippen LogP contribution is 2.46. The van der Waals surface area contributed by atoms with Gasteiger partial charge in [0.1, 0.15) is 0 Å². The Bertz CT molecular complexity index is 2450. The fraction of sp³-hybridized carbons (Fsp3) is 0.0476. The molecule has 0 aromatic heterocycles. The fourth-order valence-electron chi connectivity index (χ4n) is 8.50. The molecule has 2 heteroatoms. The smallest absolute Gasteiger partial charge is 0.248 e. The summed E-state index contributed by atoms with van der Waals surface area (Å²) in [6.45, 7) is 4.70. The number of para-hydroxylation sites is 1. The van der Waals surface area contributed by atoms with E-state index >= 15 is 0 Å². The number of aryl methyl sites for hydroxylation is 2. The monoisotopic (exact) mass is 557 g/mol. The lowest BCUT2D eigenvalue weighted by molar-refractivity contribution is 1.31. The zero-order chi connectivity index (χ0) is 29.1. The van der Waals surface area contributed by atoms with Gasteiger partial charge < -0.3 is 4.90 Å². The molecule has 0 aliphatic carbocycles. The number of hydrogen-bond acceptors (Lipinski definition) is 1. The number of fused-ring (bicyclic) bond motifs is 5. The maximum absolute atomic E-state index is 2.53. The minimum absolute atomic E-state index is 0.257. The third kappa shape index (κ3) is 3.05. The molecule has 0 fully saturated rings. The summed E-state index contributed by atoms with van der Waals surface area (Å²) in [5.74, 6) is 0. The van der Waals surface area contributed by atoms with Gasteiger partial charge in [-0.1, -0.05) is 109 Å². The minimum atomic E-state index is 0.257. The summed E-state index contributed by atoms with van der Waals surface area (Å²) in [6, 6.07) is 50.2. The normalized spacial score (nSPS) is 13.1. The van der Waals surface area contributed by atoms with E-state index < -0.39 is 0 Å². The Hall–Kier alpha value is -5.34. The van der Waals surface area contributed by atoms with Crippen LogP contribution in [0.4, 0.5) is 17.1 Å². The van der Waals surface area contributed by atoms with Gasteiger partial charge in [-0.25, -0.2) is 0 Å². The topological polar surface area (TPSA) is 3.24 Å². The van der Waals surface area contributed by atoms with E-state index in [1.54, 1.807) is 0 Å². The maximum atomic E-state index is 2.53. The molecule has 0 spiro atoms. The molecule has 0 saturated carbocycles. The molecule has 44 heavy (non-hydrogen) atoms. The second kappa shape index (κ2) is 8.61. The predicted molar refractivity (Wildman–Crippen MR) is 190 cm³/mol. The zero-order valence-corrected chi connectivity index (χ0v) is 24.7. The van der Waals surface area contributed by atoms with Crippen LogP contribution in [0.3, 0.4) is 0 Å². The highest BCUT2D eigenvalue weighted by atomic mass is 15.2. The van der Waals surface area contributed by atoms with Crippen LogP contribution in [-0.2, 0) is 0 Å². The van der Waals surface area contributed by atoms with Crippen LogP contribution in [0.2, 0.25) is 0 Å². The van der Waals surface area contributed by atoms with Gasteiger partial charge in [-0.2, -0.15) is 0 Å². The van der Waals surface area contributed by atoms with E-state index in [0.717, 1.165) is 0 Å². The van der Waals surface area contributed by atoms with E-state index in [9.17, 15) is 0 Å². The number of nitrogens with zero attached hydrogens (tertiary/aromatic N) is 1. The molecule has 2 heterocycles. The van der Waals surface area contributed by atoms with Crippen molar-refractivity contribution in [2.24, 2.45) is 0 Å². The van der Waals surface area contributed by atoms with Crippen LogP contribution in [0.1, 0.15) is 11.1 Å². The van der Waals surface area contributed by atoms with Gasteiger partial charge in [-0.15, -0.1) is 0 Å². The SMILES string of the molecule is Cc1cccc(C)c1-c1cc2ccc3ccc(N4c5ccccc5B5c6ccccc6-c6cccc4c65)c4ccc(c1)c2c34. The molecule has 2 aliphatic heterocycles. The Morgan fingerprint density at radius 3 is 1.95 bits per heavy atom. The molecule has 0 N–H and O–H groups in total. The van der Waals surface area contributed by atoms with Gasteiger partial charge in [0.15, 0.2) is 0 Å². The Morgan fingerprint density at radius 1 is 0.477 bits per heavy atom. The summed E-state index contributed by atoms with van der Waals surface area (Å²) in [5, 5.41) is 7.88. The molecular weight excluding hydrogens is 529 g/mol. The Kier molecular flexibility index (Phi) is 4.73. The van der Waals surface area contributed by atoms with Crippen molar-refractivity contribution in [3.05, 3.63) is 145 Å². The lowest BCUT2D eigenvalue weighted by Gasteiger charge is -2.36. The first-order valence-corrected chi connectivity index (χ1v) is 15.6. The van der Waals surface area contributed by atoms with E-state index in [2.05, 4.69) is 152 Å². The number of benzene rings is 8. The first-order chi connectivity index (χ1) is 21.7. The summed E-state index contributed by atoms with van der Waals surface area (Å²) >= 11 is 0. The van der Waals surface area contributed by atoms with Gasteiger partial charge in [-0.05, 0) is 115 Å². The average molecular weight is 558 g/mol. The first-order valence-electron chi connectivity index (χ1n) is 15.6. The van der Waals surface area contributed by atoms with Crippen LogP contribution in [-0.4, -0.2) is 6.71 Å². The maximum Gasteiger partial charge on any atom is 0.248 e. The Labute approximate surface area is 257 Å². The summed E-state index contributed by atoms with van der Waals surface area (Å²) in [4.78, 5) is 2.53. The van der Waals surface area contributed by atoms with Crippen molar-refractivity contribution >= 4 is 72.5 Å². The molecule has 8 aromatic rings. The van der Waals surface area contributed by atoms with Crippen LogP contribution < -0.4 is 21.3 Å². The summed E-state index contributed by atoms with van der Waals surface area (Å²) in [6.07, 6.45) is 0. The van der Waals surface area contributed by atoms with E-state index in [1.165, 1.54) is 99.1 Å². The average Bonchev–Trinajstić information content (AvgIpc) is 3.40. The molecule has 0 amide bonds. The van der Waals surface area contributed by atoms with Crippen molar-refractivity contribution in [3.63, 3.8) is 0 Å². The van der Waals surface area contributed by atoms with E-state index in [0.29, 0.717) is 0 Å². The molecule has 0 unspecified atom stereocenters. The molecule has 10 rings (SSSR count). The molecule has 0 saturated heterocycles.